The van der Waals surface area contributed by atoms with Gasteiger partial charge < -0.3 is 9.13 Å². The Morgan fingerprint density at radius 3 is 2.66 bits per heavy atom. The molecule has 0 bridgehead atoms. The molecule has 0 aliphatic carbocycles. The lowest BCUT2D eigenvalue weighted by Gasteiger charge is -2.11. The zero-order valence-corrected chi connectivity index (χ0v) is 19.6. The molecule has 0 saturated carbocycles. The van der Waals surface area contributed by atoms with Gasteiger partial charge in [-0.15, -0.1) is 0 Å². The van der Waals surface area contributed by atoms with Crippen LogP contribution in [0.4, 0.5) is 0 Å². The highest BCUT2D eigenvalue weighted by molar-refractivity contribution is 7.99. The highest BCUT2D eigenvalue weighted by atomic mass is 35.5. The normalized spacial score (nSPS) is 11.1. The van der Waals surface area contributed by atoms with Crippen molar-refractivity contribution in [3.05, 3.63) is 82.1 Å². The topological polar surface area (TPSA) is 63.6 Å². The Morgan fingerprint density at radius 1 is 1.12 bits per heavy atom. The van der Waals surface area contributed by atoms with E-state index in [4.69, 9.17) is 16.9 Å². The molecule has 2 aromatic carbocycles. The van der Waals surface area contributed by atoms with E-state index >= 15 is 0 Å². The number of halogens is 1. The summed E-state index contributed by atoms with van der Waals surface area (Å²) in [7, 11) is 0. The third-order valence-electron chi connectivity index (χ3n) is 5.56. The number of benzene rings is 2. The van der Waals surface area contributed by atoms with Gasteiger partial charge >= 0.3 is 0 Å². The number of fused-ring (bicyclic) bond motifs is 1. The number of thioether (sulfide) groups is 1. The molecule has 4 aromatic rings. The number of nitrogens with zero attached hydrogens (tertiary/aromatic N) is 4. The Labute approximate surface area is 196 Å². The predicted molar refractivity (Wildman–Crippen MR) is 129 cm³/mol. The van der Waals surface area contributed by atoms with Crippen LogP contribution in [0, 0.1) is 25.2 Å². The molecule has 7 heteroatoms. The molecule has 0 fully saturated rings. The van der Waals surface area contributed by atoms with Gasteiger partial charge in [-0.25, -0.2) is 4.98 Å². The number of hydrogen-bond donors (Lipinski definition) is 0. The second-order valence-corrected chi connectivity index (χ2v) is 8.97. The molecule has 4 rings (SSSR count). The van der Waals surface area contributed by atoms with Crippen molar-refractivity contribution in [3.8, 4) is 6.07 Å². The number of nitriles is 1. The van der Waals surface area contributed by atoms with Crippen LogP contribution in [0.25, 0.3) is 11.0 Å². The first kappa shape index (κ1) is 22.2. The summed E-state index contributed by atoms with van der Waals surface area (Å²) in [5.74, 6) is 0.346. The highest BCUT2D eigenvalue weighted by Gasteiger charge is 2.18. The fraction of sp³-hybridized carbons (Fsp3) is 0.240. The van der Waals surface area contributed by atoms with Gasteiger partial charge in [0.1, 0.15) is 0 Å². The number of para-hydroxylation sites is 2. The summed E-state index contributed by atoms with van der Waals surface area (Å²) in [5.41, 5.74) is 5.56. The van der Waals surface area contributed by atoms with Crippen LogP contribution >= 0.6 is 23.4 Å². The van der Waals surface area contributed by atoms with Crippen LogP contribution in [0.5, 0.6) is 0 Å². The lowest BCUT2D eigenvalue weighted by atomic mass is 10.2. The number of carbonyl (C=O) groups excluding carboxylic acids is 1. The van der Waals surface area contributed by atoms with Crippen molar-refractivity contribution in [3.63, 3.8) is 0 Å². The second kappa shape index (κ2) is 9.64. The lowest BCUT2D eigenvalue weighted by molar-refractivity contribution is 0.102. The lowest BCUT2D eigenvalue weighted by Crippen LogP contribution is -2.08. The number of rotatable bonds is 8. The van der Waals surface area contributed by atoms with Gasteiger partial charge in [0.25, 0.3) is 0 Å². The van der Waals surface area contributed by atoms with E-state index in [2.05, 4.69) is 15.6 Å². The average molecular weight is 463 g/mol. The van der Waals surface area contributed by atoms with Crippen molar-refractivity contribution in [2.24, 2.45) is 0 Å². The van der Waals surface area contributed by atoms with Crippen molar-refractivity contribution in [2.75, 3.05) is 5.75 Å². The third kappa shape index (κ3) is 4.45. The van der Waals surface area contributed by atoms with Crippen molar-refractivity contribution in [1.29, 1.82) is 5.26 Å². The molecule has 0 atom stereocenters. The monoisotopic (exact) mass is 462 g/mol. The summed E-state index contributed by atoms with van der Waals surface area (Å²) < 4.78 is 4.15. The Morgan fingerprint density at radius 2 is 1.88 bits per heavy atom. The molecule has 5 nitrogen and oxygen atoms in total. The van der Waals surface area contributed by atoms with Crippen molar-refractivity contribution < 1.29 is 4.79 Å². The van der Waals surface area contributed by atoms with E-state index in [1.165, 1.54) is 11.8 Å². The Hall–Kier alpha value is -3.01. The number of Topliss-reactive ketones (excluding diaryl/α,β-unsaturated/α-hetero) is 1. The van der Waals surface area contributed by atoms with Gasteiger partial charge in [-0.2, -0.15) is 5.26 Å². The molecular weight excluding hydrogens is 440 g/mol. The second-order valence-electron chi connectivity index (χ2n) is 7.62. The molecule has 0 aliphatic rings. The molecule has 0 unspecified atom stereocenters. The van der Waals surface area contributed by atoms with E-state index in [9.17, 15) is 4.79 Å². The van der Waals surface area contributed by atoms with Crippen LogP contribution in [-0.4, -0.2) is 25.7 Å². The quantitative estimate of drug-likeness (QED) is 0.236. The zero-order valence-electron chi connectivity index (χ0n) is 18.0. The number of aryl methyl sites for hydroxylation is 2. The van der Waals surface area contributed by atoms with Gasteiger partial charge in [0, 0.05) is 35.1 Å². The molecular formula is C25H23ClN4OS. The molecule has 2 aromatic heterocycles. The van der Waals surface area contributed by atoms with Gasteiger partial charge in [-0.3, -0.25) is 4.79 Å². The van der Waals surface area contributed by atoms with Crippen molar-refractivity contribution >= 4 is 40.2 Å². The number of carbonyl (C=O) groups is 1. The van der Waals surface area contributed by atoms with Crippen LogP contribution in [0.2, 0.25) is 5.02 Å². The van der Waals surface area contributed by atoms with E-state index in [0.717, 1.165) is 43.7 Å². The Bertz CT molecular complexity index is 1330. The first-order valence-electron chi connectivity index (χ1n) is 10.4. The summed E-state index contributed by atoms with van der Waals surface area (Å²) in [6.45, 7) is 5.17. The van der Waals surface area contributed by atoms with Crippen molar-refractivity contribution in [1.82, 2.24) is 14.1 Å². The fourth-order valence-electron chi connectivity index (χ4n) is 3.87. The minimum atomic E-state index is 0.0624. The number of aromatic nitrogens is 3. The largest absolute Gasteiger partial charge is 0.344 e. The Kier molecular flexibility index (Phi) is 6.69. The molecule has 0 saturated heterocycles. The zero-order chi connectivity index (χ0) is 22.7. The molecule has 162 valence electrons. The van der Waals surface area contributed by atoms with E-state index in [-0.39, 0.29) is 11.5 Å². The summed E-state index contributed by atoms with van der Waals surface area (Å²) >= 11 is 7.76. The van der Waals surface area contributed by atoms with E-state index in [0.29, 0.717) is 19.5 Å². The molecule has 0 aliphatic heterocycles. The molecule has 0 N–H and O–H groups in total. The van der Waals surface area contributed by atoms with Crippen LogP contribution in [0.1, 0.15) is 33.7 Å². The first-order chi connectivity index (χ1) is 15.5. The molecule has 32 heavy (non-hydrogen) atoms. The summed E-state index contributed by atoms with van der Waals surface area (Å²) in [5, 5.41) is 10.5. The maximum absolute atomic E-state index is 13.1. The predicted octanol–water partition coefficient (Wildman–Crippen LogP) is 6.05. The fourth-order valence-corrected chi connectivity index (χ4v) is 4.99. The number of imidazole rings is 1. The van der Waals surface area contributed by atoms with Gasteiger partial charge in [-0.05, 0) is 43.7 Å². The maximum atomic E-state index is 13.1. The highest BCUT2D eigenvalue weighted by Crippen LogP contribution is 2.27. The summed E-state index contributed by atoms with van der Waals surface area (Å²) in [6.07, 6.45) is 0.394. The van der Waals surface area contributed by atoms with Crippen molar-refractivity contribution in [2.45, 2.75) is 38.5 Å². The smallest absolute Gasteiger partial charge is 0.175 e. The standard InChI is InChI=1S/C25H23ClN4OS/c1-17-14-20(18(2)30(17)15-19-8-3-4-9-21(19)26)24(31)16-32-25-28-22-10-5-6-11-23(22)29(25)13-7-12-27/h3-6,8-11,14H,7,13,15-16H2,1-2H3. The molecule has 0 amide bonds. The van der Waals surface area contributed by atoms with Crippen LogP contribution in [0.3, 0.4) is 0 Å². The van der Waals surface area contributed by atoms with Crippen LogP contribution in [0.15, 0.2) is 59.8 Å². The number of ketones is 1. The average Bonchev–Trinajstić information content (AvgIpc) is 3.29. The van der Waals surface area contributed by atoms with Gasteiger partial charge in [-0.1, -0.05) is 53.7 Å². The van der Waals surface area contributed by atoms with Crippen LogP contribution < -0.4 is 0 Å². The van der Waals surface area contributed by atoms with E-state index in [1.54, 1.807) is 0 Å². The minimum absolute atomic E-state index is 0.0624. The van der Waals surface area contributed by atoms with Gasteiger partial charge in [0.15, 0.2) is 10.9 Å². The van der Waals surface area contributed by atoms with Gasteiger partial charge in [0.2, 0.25) is 0 Å². The van der Waals surface area contributed by atoms with E-state index < -0.39 is 0 Å². The molecule has 2 heterocycles. The maximum Gasteiger partial charge on any atom is 0.175 e. The minimum Gasteiger partial charge on any atom is -0.344 e. The molecule has 0 spiro atoms. The molecule has 0 radical (unpaired) electrons. The third-order valence-corrected chi connectivity index (χ3v) is 6.90. The number of hydrogen-bond acceptors (Lipinski definition) is 4. The van der Waals surface area contributed by atoms with Crippen LogP contribution in [-0.2, 0) is 13.1 Å². The summed E-state index contributed by atoms with van der Waals surface area (Å²) in [6, 6.07) is 19.8. The first-order valence-corrected chi connectivity index (χ1v) is 11.7. The SMILES string of the molecule is Cc1cc(C(=O)CSc2nc3ccccc3n2CCC#N)c(C)n1Cc1ccccc1Cl. The van der Waals surface area contributed by atoms with Gasteiger partial charge in [0.05, 0.1) is 29.3 Å². The Balaban J connectivity index is 1.54. The summed E-state index contributed by atoms with van der Waals surface area (Å²) in [4.78, 5) is 17.8. The van der Waals surface area contributed by atoms with E-state index in [1.807, 2.05) is 73.0 Å².